The molecule has 2 fully saturated rings. The number of unbranched alkanes of at least 4 members (excludes halogenated alkanes) is 1. The molecule has 1 saturated carbocycles. The smallest absolute Gasteiger partial charge is 0.317 e. The predicted molar refractivity (Wildman–Crippen MR) is 93.3 cm³/mol. The summed E-state index contributed by atoms with van der Waals surface area (Å²) in [6.07, 6.45) is 4.99. The SMILES string of the molecule is CCCCOC1CC(NC(=O)N2CCC(NS(C)(=O)=O)C2)C1(C)C. The van der Waals surface area contributed by atoms with Gasteiger partial charge in [-0.25, -0.2) is 17.9 Å². The van der Waals surface area contributed by atoms with Crippen molar-refractivity contribution in [2.75, 3.05) is 26.0 Å². The Balaban J connectivity index is 1.77. The van der Waals surface area contributed by atoms with Gasteiger partial charge in [-0.15, -0.1) is 0 Å². The van der Waals surface area contributed by atoms with E-state index in [1.807, 2.05) is 0 Å². The molecule has 0 spiro atoms. The molecule has 140 valence electrons. The molecule has 2 amide bonds. The predicted octanol–water partition coefficient (Wildman–Crippen LogP) is 1.30. The number of hydrogen-bond donors (Lipinski definition) is 2. The second kappa shape index (κ2) is 7.58. The van der Waals surface area contributed by atoms with E-state index in [1.54, 1.807) is 4.90 Å². The molecule has 8 heteroatoms. The van der Waals surface area contributed by atoms with Crippen molar-refractivity contribution in [1.29, 1.82) is 0 Å². The standard InChI is InChI=1S/C16H31N3O4S/c1-5-6-9-23-14-10-13(16(14,2)3)17-15(20)19-8-7-12(11-19)18-24(4,21)22/h12-14,18H,5-11H2,1-4H3,(H,17,20). The van der Waals surface area contributed by atoms with Crippen molar-refractivity contribution in [3.63, 3.8) is 0 Å². The van der Waals surface area contributed by atoms with Gasteiger partial charge in [0.25, 0.3) is 0 Å². The summed E-state index contributed by atoms with van der Waals surface area (Å²) in [5.41, 5.74) is -0.0759. The molecule has 7 nitrogen and oxygen atoms in total. The highest BCUT2D eigenvalue weighted by atomic mass is 32.2. The van der Waals surface area contributed by atoms with Crippen LogP contribution in [0.25, 0.3) is 0 Å². The van der Waals surface area contributed by atoms with E-state index in [0.717, 1.165) is 32.1 Å². The van der Waals surface area contributed by atoms with Gasteiger partial charge in [0, 0.05) is 37.2 Å². The Morgan fingerprint density at radius 3 is 2.67 bits per heavy atom. The summed E-state index contributed by atoms with van der Waals surface area (Å²) in [6, 6.07) is -0.207. The van der Waals surface area contributed by atoms with Gasteiger partial charge in [0.2, 0.25) is 10.0 Å². The number of hydrogen-bond acceptors (Lipinski definition) is 4. The van der Waals surface area contributed by atoms with E-state index < -0.39 is 10.0 Å². The van der Waals surface area contributed by atoms with Gasteiger partial charge in [-0.2, -0.15) is 0 Å². The highest BCUT2D eigenvalue weighted by Crippen LogP contribution is 2.43. The molecular weight excluding hydrogens is 330 g/mol. The third kappa shape index (κ3) is 4.83. The molecule has 2 aliphatic rings. The Labute approximate surface area is 145 Å². The van der Waals surface area contributed by atoms with Gasteiger partial charge in [-0.3, -0.25) is 0 Å². The number of rotatable bonds is 7. The second-order valence-corrected chi connectivity index (χ2v) is 9.37. The summed E-state index contributed by atoms with van der Waals surface area (Å²) in [6.45, 7) is 8.15. The summed E-state index contributed by atoms with van der Waals surface area (Å²) in [5, 5.41) is 3.08. The molecule has 3 unspecified atom stereocenters. The fraction of sp³-hybridized carbons (Fsp3) is 0.938. The van der Waals surface area contributed by atoms with E-state index >= 15 is 0 Å². The second-order valence-electron chi connectivity index (χ2n) is 7.59. The first-order valence-electron chi connectivity index (χ1n) is 8.78. The third-order valence-electron chi connectivity index (χ3n) is 5.15. The van der Waals surface area contributed by atoms with Crippen molar-refractivity contribution < 1.29 is 17.9 Å². The Morgan fingerprint density at radius 2 is 2.08 bits per heavy atom. The fourth-order valence-corrected chi connectivity index (χ4v) is 4.17. The van der Waals surface area contributed by atoms with Gasteiger partial charge in [0.1, 0.15) is 0 Å². The maximum atomic E-state index is 12.4. The topological polar surface area (TPSA) is 87.7 Å². The van der Waals surface area contributed by atoms with Crippen molar-refractivity contribution in [3.8, 4) is 0 Å². The number of carbonyl (C=O) groups excluding carboxylic acids is 1. The largest absolute Gasteiger partial charge is 0.378 e. The fourth-order valence-electron chi connectivity index (χ4n) is 3.37. The minimum atomic E-state index is -3.24. The Hall–Kier alpha value is -0.860. The average Bonchev–Trinajstić information content (AvgIpc) is 2.91. The molecule has 0 aromatic heterocycles. The molecule has 2 N–H and O–H groups in total. The lowest BCUT2D eigenvalue weighted by molar-refractivity contribution is -0.115. The maximum Gasteiger partial charge on any atom is 0.317 e. The number of amides is 2. The molecule has 0 aromatic rings. The first-order valence-corrected chi connectivity index (χ1v) is 10.7. The molecule has 24 heavy (non-hydrogen) atoms. The van der Waals surface area contributed by atoms with Crippen LogP contribution in [0.1, 0.15) is 46.5 Å². The number of likely N-dealkylation sites (tertiary alicyclic amines) is 1. The van der Waals surface area contributed by atoms with E-state index in [1.165, 1.54) is 0 Å². The lowest BCUT2D eigenvalue weighted by Crippen LogP contribution is -2.63. The van der Waals surface area contributed by atoms with E-state index in [0.29, 0.717) is 19.5 Å². The molecule has 0 aromatic carbocycles. The Morgan fingerprint density at radius 1 is 1.38 bits per heavy atom. The van der Waals surface area contributed by atoms with Crippen LogP contribution in [0.4, 0.5) is 4.79 Å². The van der Waals surface area contributed by atoms with Gasteiger partial charge in [0.05, 0.1) is 12.4 Å². The van der Waals surface area contributed by atoms with Crippen molar-refractivity contribution in [2.24, 2.45) is 5.41 Å². The van der Waals surface area contributed by atoms with Crippen LogP contribution in [0.15, 0.2) is 0 Å². The summed E-state index contributed by atoms with van der Waals surface area (Å²) in [7, 11) is -3.24. The molecule has 1 aliphatic carbocycles. The zero-order chi connectivity index (χ0) is 18.0. The monoisotopic (exact) mass is 361 g/mol. The van der Waals surface area contributed by atoms with Gasteiger partial charge in [0.15, 0.2) is 0 Å². The number of carbonyl (C=O) groups is 1. The molecule has 1 aliphatic heterocycles. The van der Waals surface area contributed by atoms with Crippen LogP contribution in [0.5, 0.6) is 0 Å². The van der Waals surface area contributed by atoms with Crippen LogP contribution < -0.4 is 10.0 Å². The number of nitrogens with one attached hydrogen (secondary N) is 2. The molecule has 0 radical (unpaired) electrons. The highest BCUT2D eigenvalue weighted by molar-refractivity contribution is 7.88. The van der Waals surface area contributed by atoms with Gasteiger partial charge in [-0.1, -0.05) is 27.2 Å². The Bertz CT molecular complexity index is 550. The van der Waals surface area contributed by atoms with E-state index in [-0.39, 0.29) is 29.6 Å². The molecule has 3 atom stereocenters. The number of nitrogens with zero attached hydrogens (tertiary/aromatic N) is 1. The van der Waals surface area contributed by atoms with E-state index in [2.05, 4.69) is 30.8 Å². The summed E-state index contributed by atoms with van der Waals surface area (Å²) < 4.78 is 31.0. The molecule has 0 bridgehead atoms. The van der Waals surface area contributed by atoms with Crippen LogP contribution >= 0.6 is 0 Å². The zero-order valence-electron chi connectivity index (χ0n) is 15.2. The summed E-state index contributed by atoms with van der Waals surface area (Å²) in [4.78, 5) is 14.1. The first kappa shape index (κ1) is 19.5. The lowest BCUT2D eigenvalue weighted by Gasteiger charge is -2.51. The van der Waals surface area contributed by atoms with Gasteiger partial charge < -0.3 is 15.0 Å². The quantitative estimate of drug-likeness (QED) is 0.669. The molecular formula is C16H31N3O4S. The maximum absolute atomic E-state index is 12.4. The summed E-state index contributed by atoms with van der Waals surface area (Å²) >= 11 is 0. The normalized spacial score (nSPS) is 29.3. The molecule has 2 rings (SSSR count). The van der Waals surface area contributed by atoms with Crippen LogP contribution in [-0.2, 0) is 14.8 Å². The van der Waals surface area contributed by atoms with Crippen molar-refractivity contribution >= 4 is 16.1 Å². The number of ether oxygens (including phenoxy) is 1. The van der Waals surface area contributed by atoms with E-state index in [9.17, 15) is 13.2 Å². The van der Waals surface area contributed by atoms with Crippen molar-refractivity contribution in [3.05, 3.63) is 0 Å². The van der Waals surface area contributed by atoms with E-state index in [4.69, 9.17) is 4.74 Å². The lowest BCUT2D eigenvalue weighted by atomic mass is 9.64. The highest BCUT2D eigenvalue weighted by Gasteiger charge is 2.50. The van der Waals surface area contributed by atoms with Crippen LogP contribution in [0.2, 0.25) is 0 Å². The minimum absolute atomic E-state index is 0.0759. The number of urea groups is 1. The first-order chi connectivity index (χ1) is 11.1. The summed E-state index contributed by atoms with van der Waals surface area (Å²) in [5.74, 6) is 0. The number of sulfonamides is 1. The van der Waals surface area contributed by atoms with Crippen molar-refractivity contribution in [1.82, 2.24) is 14.9 Å². The Kier molecular flexibility index (Phi) is 6.14. The molecule has 1 saturated heterocycles. The van der Waals surface area contributed by atoms with Crippen LogP contribution in [0, 0.1) is 5.41 Å². The molecule has 1 heterocycles. The zero-order valence-corrected chi connectivity index (χ0v) is 16.0. The van der Waals surface area contributed by atoms with Crippen LogP contribution in [-0.4, -0.2) is 63.5 Å². The minimum Gasteiger partial charge on any atom is -0.378 e. The van der Waals surface area contributed by atoms with Gasteiger partial charge in [-0.05, 0) is 19.3 Å². The van der Waals surface area contributed by atoms with Gasteiger partial charge >= 0.3 is 6.03 Å². The third-order valence-corrected chi connectivity index (χ3v) is 5.91. The van der Waals surface area contributed by atoms with Crippen molar-refractivity contribution in [2.45, 2.75) is 64.6 Å². The van der Waals surface area contributed by atoms with Crippen LogP contribution in [0.3, 0.4) is 0 Å². The average molecular weight is 362 g/mol.